The Morgan fingerprint density at radius 1 is 1.35 bits per heavy atom. The minimum absolute atomic E-state index is 0.663. The van der Waals surface area contributed by atoms with Crippen LogP contribution in [0.1, 0.15) is 19.8 Å². The molecule has 0 saturated carbocycles. The average molecular weight is 294 g/mol. The lowest BCUT2D eigenvalue weighted by Gasteiger charge is -2.29. The van der Waals surface area contributed by atoms with E-state index >= 15 is 0 Å². The molecule has 0 amide bonds. The lowest BCUT2D eigenvalue weighted by Crippen LogP contribution is -2.36. The Hall–Kier alpha value is -1.33. The van der Waals surface area contributed by atoms with Gasteiger partial charge in [-0.2, -0.15) is 4.98 Å². The van der Waals surface area contributed by atoms with Gasteiger partial charge < -0.3 is 10.2 Å². The first-order valence-corrected chi connectivity index (χ1v) is 7.57. The van der Waals surface area contributed by atoms with Gasteiger partial charge in [-0.25, -0.2) is 4.52 Å². The summed E-state index contributed by atoms with van der Waals surface area (Å²) in [6.45, 7) is 6.66. The van der Waals surface area contributed by atoms with Crippen LogP contribution in [0.3, 0.4) is 0 Å². The SMILES string of the molecule is CC1CCN(CCNc2nc3ccc(Cl)cn3n2)CC1. The van der Waals surface area contributed by atoms with E-state index in [1.54, 1.807) is 10.7 Å². The Labute approximate surface area is 123 Å². The molecule has 3 heterocycles. The topological polar surface area (TPSA) is 45.5 Å². The van der Waals surface area contributed by atoms with Crippen molar-refractivity contribution >= 4 is 23.2 Å². The van der Waals surface area contributed by atoms with Gasteiger partial charge in [-0.1, -0.05) is 18.5 Å². The second kappa shape index (κ2) is 5.97. The number of fused-ring (bicyclic) bond motifs is 1. The van der Waals surface area contributed by atoms with Crippen molar-refractivity contribution in [3.63, 3.8) is 0 Å². The largest absolute Gasteiger partial charge is 0.352 e. The second-order valence-corrected chi connectivity index (χ2v) is 5.97. The minimum atomic E-state index is 0.663. The zero-order valence-electron chi connectivity index (χ0n) is 11.7. The van der Waals surface area contributed by atoms with Crippen LogP contribution in [0.25, 0.3) is 5.65 Å². The fourth-order valence-corrected chi connectivity index (χ4v) is 2.70. The molecule has 2 aromatic rings. The average Bonchev–Trinajstić information content (AvgIpc) is 2.83. The zero-order chi connectivity index (χ0) is 13.9. The first-order valence-electron chi connectivity index (χ1n) is 7.19. The van der Waals surface area contributed by atoms with E-state index in [0.717, 1.165) is 24.7 Å². The summed E-state index contributed by atoms with van der Waals surface area (Å²) >= 11 is 5.93. The van der Waals surface area contributed by atoms with Crippen LogP contribution < -0.4 is 5.32 Å². The van der Waals surface area contributed by atoms with Gasteiger partial charge in [0.25, 0.3) is 0 Å². The third-order valence-corrected chi connectivity index (χ3v) is 4.11. The second-order valence-electron chi connectivity index (χ2n) is 5.54. The Kier molecular flexibility index (Phi) is 4.08. The molecule has 2 aromatic heterocycles. The quantitative estimate of drug-likeness (QED) is 0.941. The van der Waals surface area contributed by atoms with E-state index in [1.165, 1.54) is 25.9 Å². The van der Waals surface area contributed by atoms with Crippen molar-refractivity contribution in [2.45, 2.75) is 19.8 Å². The van der Waals surface area contributed by atoms with Crippen LogP contribution in [0.4, 0.5) is 5.95 Å². The summed E-state index contributed by atoms with van der Waals surface area (Å²) in [4.78, 5) is 6.91. The number of hydrogen-bond acceptors (Lipinski definition) is 4. The van der Waals surface area contributed by atoms with Crippen molar-refractivity contribution in [1.29, 1.82) is 0 Å². The summed E-state index contributed by atoms with van der Waals surface area (Å²) in [5, 5.41) is 8.31. The van der Waals surface area contributed by atoms with Gasteiger partial charge in [-0.3, -0.25) is 0 Å². The summed E-state index contributed by atoms with van der Waals surface area (Å²) in [5.74, 6) is 1.54. The summed E-state index contributed by atoms with van der Waals surface area (Å²) in [6, 6.07) is 3.69. The Bertz CT molecular complexity index is 574. The maximum Gasteiger partial charge on any atom is 0.243 e. The lowest BCUT2D eigenvalue weighted by molar-refractivity contribution is 0.199. The minimum Gasteiger partial charge on any atom is -0.352 e. The summed E-state index contributed by atoms with van der Waals surface area (Å²) < 4.78 is 1.70. The molecule has 1 fully saturated rings. The van der Waals surface area contributed by atoms with Crippen LogP contribution in [0.15, 0.2) is 18.3 Å². The highest BCUT2D eigenvalue weighted by molar-refractivity contribution is 6.30. The Balaban J connectivity index is 1.52. The van der Waals surface area contributed by atoms with E-state index in [0.29, 0.717) is 11.0 Å². The molecule has 0 spiro atoms. The van der Waals surface area contributed by atoms with E-state index in [1.807, 2.05) is 12.1 Å². The van der Waals surface area contributed by atoms with Crippen LogP contribution in [-0.2, 0) is 0 Å². The van der Waals surface area contributed by atoms with Gasteiger partial charge in [0.05, 0.1) is 5.02 Å². The molecule has 108 valence electrons. The van der Waals surface area contributed by atoms with Crippen LogP contribution in [0.5, 0.6) is 0 Å². The van der Waals surface area contributed by atoms with Gasteiger partial charge in [0, 0.05) is 19.3 Å². The van der Waals surface area contributed by atoms with E-state index in [2.05, 4.69) is 27.2 Å². The molecular formula is C14H20ClN5. The highest BCUT2D eigenvalue weighted by Crippen LogP contribution is 2.15. The molecule has 3 rings (SSSR count). The number of halogens is 1. The van der Waals surface area contributed by atoms with Gasteiger partial charge in [0.15, 0.2) is 5.65 Å². The molecule has 20 heavy (non-hydrogen) atoms. The molecule has 1 aliphatic heterocycles. The monoisotopic (exact) mass is 293 g/mol. The predicted octanol–water partition coefficient (Wildman–Crippen LogP) is 2.53. The molecule has 0 bridgehead atoms. The zero-order valence-corrected chi connectivity index (χ0v) is 12.5. The van der Waals surface area contributed by atoms with Gasteiger partial charge in [-0.05, 0) is 44.0 Å². The normalized spacial score (nSPS) is 17.7. The molecule has 0 aromatic carbocycles. The van der Waals surface area contributed by atoms with E-state index in [9.17, 15) is 0 Å². The highest BCUT2D eigenvalue weighted by atomic mass is 35.5. The number of rotatable bonds is 4. The number of anilines is 1. The lowest BCUT2D eigenvalue weighted by atomic mass is 9.99. The fourth-order valence-electron chi connectivity index (χ4n) is 2.54. The molecule has 1 saturated heterocycles. The van der Waals surface area contributed by atoms with Crippen LogP contribution in [0.2, 0.25) is 5.02 Å². The molecule has 1 aliphatic rings. The summed E-state index contributed by atoms with van der Waals surface area (Å²) in [5.41, 5.74) is 0.809. The van der Waals surface area contributed by atoms with Crippen molar-refractivity contribution < 1.29 is 0 Å². The predicted molar refractivity (Wildman–Crippen MR) is 81.3 cm³/mol. The van der Waals surface area contributed by atoms with Gasteiger partial charge in [0.1, 0.15) is 0 Å². The standard InChI is InChI=1S/C14H20ClN5/c1-11-4-7-19(8-5-11)9-6-16-14-17-13-3-2-12(15)10-20(13)18-14/h2-3,10-11H,4-9H2,1H3,(H,16,18). The molecule has 0 aliphatic carbocycles. The first-order chi connectivity index (χ1) is 9.70. The van der Waals surface area contributed by atoms with Crippen molar-refractivity contribution in [3.05, 3.63) is 23.4 Å². The van der Waals surface area contributed by atoms with Crippen molar-refractivity contribution in [3.8, 4) is 0 Å². The smallest absolute Gasteiger partial charge is 0.243 e. The fraction of sp³-hybridized carbons (Fsp3) is 0.571. The van der Waals surface area contributed by atoms with E-state index in [4.69, 9.17) is 11.6 Å². The molecule has 0 unspecified atom stereocenters. The van der Waals surface area contributed by atoms with Crippen molar-refractivity contribution in [2.75, 3.05) is 31.5 Å². The molecule has 6 heteroatoms. The summed E-state index contributed by atoms with van der Waals surface area (Å²) in [6.07, 6.45) is 4.39. The molecule has 0 atom stereocenters. The Morgan fingerprint density at radius 3 is 2.95 bits per heavy atom. The Morgan fingerprint density at radius 2 is 2.15 bits per heavy atom. The van der Waals surface area contributed by atoms with Gasteiger partial charge >= 0.3 is 0 Å². The van der Waals surface area contributed by atoms with Crippen molar-refractivity contribution in [2.24, 2.45) is 5.92 Å². The number of piperidine rings is 1. The number of aromatic nitrogens is 3. The van der Waals surface area contributed by atoms with Crippen molar-refractivity contribution in [1.82, 2.24) is 19.5 Å². The molecule has 1 N–H and O–H groups in total. The number of pyridine rings is 1. The molecule has 0 radical (unpaired) electrons. The highest BCUT2D eigenvalue weighted by Gasteiger charge is 2.15. The maximum absolute atomic E-state index is 5.93. The van der Waals surface area contributed by atoms with Gasteiger partial charge in [-0.15, -0.1) is 5.10 Å². The van der Waals surface area contributed by atoms with Crippen LogP contribution in [-0.4, -0.2) is 45.7 Å². The number of hydrogen-bond donors (Lipinski definition) is 1. The molecular weight excluding hydrogens is 274 g/mol. The third-order valence-electron chi connectivity index (χ3n) is 3.88. The first kappa shape index (κ1) is 13.6. The summed E-state index contributed by atoms with van der Waals surface area (Å²) in [7, 11) is 0. The maximum atomic E-state index is 5.93. The van der Waals surface area contributed by atoms with Crippen LogP contribution >= 0.6 is 11.6 Å². The van der Waals surface area contributed by atoms with E-state index < -0.39 is 0 Å². The number of likely N-dealkylation sites (tertiary alicyclic amines) is 1. The molecule has 5 nitrogen and oxygen atoms in total. The van der Waals surface area contributed by atoms with E-state index in [-0.39, 0.29) is 0 Å². The van der Waals surface area contributed by atoms with Gasteiger partial charge in [0.2, 0.25) is 5.95 Å². The van der Waals surface area contributed by atoms with Crippen LogP contribution in [0, 0.1) is 5.92 Å². The third kappa shape index (κ3) is 3.22. The number of nitrogens with zero attached hydrogens (tertiary/aromatic N) is 4. The number of nitrogens with one attached hydrogen (secondary N) is 1.